The minimum atomic E-state index is -4.77. The average Bonchev–Trinajstić information content (AvgIpc) is 2.84. The van der Waals surface area contributed by atoms with Crippen LogP contribution in [0, 0.1) is 11.7 Å². The number of fused-ring (bicyclic) bond motifs is 1. The molecule has 1 aliphatic heterocycles. The highest BCUT2D eigenvalue weighted by molar-refractivity contribution is 7.92. The summed E-state index contributed by atoms with van der Waals surface area (Å²) >= 11 is 5.89. The molecule has 4 rings (SSSR count). The summed E-state index contributed by atoms with van der Waals surface area (Å²) in [5, 5.41) is 9.14. The second kappa shape index (κ2) is 9.86. The molecule has 1 N–H and O–H groups in total. The van der Waals surface area contributed by atoms with Gasteiger partial charge in [0.1, 0.15) is 17.7 Å². The van der Waals surface area contributed by atoms with Crippen molar-refractivity contribution in [3.63, 3.8) is 0 Å². The quantitative estimate of drug-likeness (QED) is 0.363. The fourth-order valence-electron chi connectivity index (χ4n) is 4.01. The van der Waals surface area contributed by atoms with Crippen LogP contribution in [-0.4, -0.2) is 32.1 Å². The van der Waals surface area contributed by atoms with Gasteiger partial charge in [-0.2, -0.15) is 13.2 Å². The highest BCUT2D eigenvalue weighted by Gasteiger charge is 2.38. The number of carboxylic acids is 1. The maximum atomic E-state index is 14.7. The van der Waals surface area contributed by atoms with Gasteiger partial charge >= 0.3 is 12.1 Å². The minimum absolute atomic E-state index is 0.0338. The van der Waals surface area contributed by atoms with Crippen molar-refractivity contribution in [3.8, 4) is 16.9 Å². The molecule has 0 fully saturated rings. The maximum absolute atomic E-state index is 14.7. The molecule has 12 heteroatoms. The highest BCUT2D eigenvalue weighted by atomic mass is 35.5. The van der Waals surface area contributed by atoms with Crippen molar-refractivity contribution in [2.24, 2.45) is 5.92 Å². The second-order valence-corrected chi connectivity index (χ2v) is 10.8. The van der Waals surface area contributed by atoms with Crippen LogP contribution >= 0.6 is 11.6 Å². The lowest BCUT2D eigenvalue weighted by molar-refractivity contribution is -0.142. The van der Waals surface area contributed by atoms with Gasteiger partial charge in [-0.3, -0.25) is 9.10 Å². The van der Waals surface area contributed by atoms with E-state index in [1.54, 1.807) is 0 Å². The van der Waals surface area contributed by atoms with Crippen molar-refractivity contribution in [1.82, 2.24) is 0 Å². The summed E-state index contributed by atoms with van der Waals surface area (Å²) < 4.78 is 88.6. The summed E-state index contributed by atoms with van der Waals surface area (Å²) in [7, 11) is -4.58. The molecule has 0 aliphatic carbocycles. The Balaban J connectivity index is 1.84. The van der Waals surface area contributed by atoms with E-state index in [1.165, 1.54) is 43.3 Å². The first-order valence-corrected chi connectivity index (χ1v) is 12.8. The van der Waals surface area contributed by atoms with Gasteiger partial charge in [-0.15, -0.1) is 0 Å². The van der Waals surface area contributed by atoms with Crippen LogP contribution in [0.1, 0.15) is 18.9 Å². The molecule has 6 nitrogen and oxygen atoms in total. The SMILES string of the molecule is CC(C[C@H]1CN(S(=O)(=O)c2cccc(C(F)(F)F)c2)c2cc(-c3cccc(Cl)c3F)ccc2O1)C(=O)O. The van der Waals surface area contributed by atoms with Gasteiger partial charge in [0.25, 0.3) is 10.0 Å². The molecule has 1 aliphatic rings. The van der Waals surface area contributed by atoms with E-state index in [1.807, 2.05) is 0 Å². The Morgan fingerprint density at radius 3 is 2.54 bits per heavy atom. The molecule has 0 spiro atoms. The molecule has 196 valence electrons. The third-order valence-corrected chi connectivity index (χ3v) is 8.01. The second-order valence-electron chi connectivity index (χ2n) is 8.56. The molecule has 3 aromatic carbocycles. The fraction of sp³-hybridized carbons (Fsp3) is 0.240. The standard InChI is InChI=1S/C25H20ClF4NO5S/c1-14(24(32)33)10-17-13-31(37(34,35)18-5-2-4-16(12-18)25(28,29)30)21-11-15(8-9-22(21)36-17)19-6-3-7-20(26)23(19)27/h2-9,11-12,14,17H,10,13H2,1H3,(H,32,33)/t14?,17-/m0/s1. The predicted molar refractivity (Wildman–Crippen MR) is 129 cm³/mol. The summed E-state index contributed by atoms with van der Waals surface area (Å²) in [5.74, 6) is -2.69. The van der Waals surface area contributed by atoms with E-state index < -0.39 is 50.5 Å². The zero-order valence-electron chi connectivity index (χ0n) is 19.2. The van der Waals surface area contributed by atoms with Crippen LogP contribution in [-0.2, 0) is 21.0 Å². The monoisotopic (exact) mass is 557 g/mol. The maximum Gasteiger partial charge on any atom is 0.416 e. The van der Waals surface area contributed by atoms with Crippen molar-refractivity contribution in [1.29, 1.82) is 0 Å². The number of anilines is 1. The first kappa shape index (κ1) is 26.7. The van der Waals surface area contributed by atoms with Gasteiger partial charge < -0.3 is 9.84 Å². The molecule has 37 heavy (non-hydrogen) atoms. The number of nitrogens with zero attached hydrogens (tertiary/aromatic N) is 1. The Labute approximate surface area is 215 Å². The number of ether oxygens (including phenoxy) is 1. The van der Waals surface area contributed by atoms with Crippen LogP contribution in [0.2, 0.25) is 5.02 Å². The smallest absolute Gasteiger partial charge is 0.416 e. The van der Waals surface area contributed by atoms with Gasteiger partial charge in [0.15, 0.2) is 0 Å². The topological polar surface area (TPSA) is 83.9 Å². The van der Waals surface area contributed by atoms with E-state index in [0.717, 1.165) is 22.5 Å². The Kier molecular flexibility index (Phi) is 7.13. The van der Waals surface area contributed by atoms with Crippen LogP contribution in [0.3, 0.4) is 0 Å². The molecule has 3 aromatic rings. The van der Waals surface area contributed by atoms with Gasteiger partial charge in [0.2, 0.25) is 0 Å². The van der Waals surface area contributed by atoms with Gasteiger partial charge in [-0.25, -0.2) is 12.8 Å². The number of rotatable bonds is 6. The van der Waals surface area contributed by atoms with Crippen LogP contribution in [0.5, 0.6) is 5.75 Å². The zero-order valence-corrected chi connectivity index (χ0v) is 20.7. The molecular weight excluding hydrogens is 538 g/mol. The van der Waals surface area contributed by atoms with Crippen molar-refractivity contribution in [2.75, 3.05) is 10.8 Å². The Hall–Kier alpha value is -3.31. The number of sulfonamides is 1. The lowest BCUT2D eigenvalue weighted by Crippen LogP contribution is -2.44. The Morgan fingerprint density at radius 2 is 1.86 bits per heavy atom. The fourth-order valence-corrected chi connectivity index (χ4v) is 5.73. The number of benzene rings is 3. The molecule has 1 heterocycles. The molecule has 0 saturated heterocycles. The third-order valence-electron chi connectivity index (χ3n) is 5.94. The van der Waals surface area contributed by atoms with Crippen LogP contribution in [0.4, 0.5) is 23.2 Å². The van der Waals surface area contributed by atoms with E-state index in [9.17, 15) is 35.9 Å². The zero-order chi connectivity index (χ0) is 27.1. The van der Waals surface area contributed by atoms with Gasteiger partial charge in [0.05, 0.1) is 33.6 Å². The van der Waals surface area contributed by atoms with Crippen molar-refractivity contribution in [3.05, 3.63) is 77.1 Å². The number of halogens is 5. The van der Waals surface area contributed by atoms with E-state index >= 15 is 0 Å². The number of carboxylic acid groups (broad SMARTS) is 1. The number of hydrogen-bond acceptors (Lipinski definition) is 4. The largest absolute Gasteiger partial charge is 0.486 e. The summed E-state index contributed by atoms with van der Waals surface area (Å²) in [4.78, 5) is 10.8. The number of carbonyl (C=O) groups is 1. The van der Waals surface area contributed by atoms with E-state index in [-0.39, 0.29) is 40.6 Å². The Bertz CT molecular complexity index is 1460. The molecular formula is C25H20ClF4NO5S. The number of hydrogen-bond donors (Lipinski definition) is 1. The van der Waals surface area contributed by atoms with Crippen LogP contribution in [0.25, 0.3) is 11.1 Å². The molecule has 0 amide bonds. The average molecular weight is 558 g/mol. The van der Waals surface area contributed by atoms with Gasteiger partial charge in [-0.1, -0.05) is 42.8 Å². The Morgan fingerprint density at radius 1 is 1.16 bits per heavy atom. The lowest BCUT2D eigenvalue weighted by atomic mass is 10.0. The van der Waals surface area contributed by atoms with E-state index in [2.05, 4.69) is 0 Å². The summed E-state index contributed by atoms with van der Waals surface area (Å²) in [6.45, 7) is 1.06. The van der Waals surface area contributed by atoms with Gasteiger partial charge in [-0.05, 0) is 48.4 Å². The minimum Gasteiger partial charge on any atom is -0.486 e. The number of aliphatic carboxylic acids is 1. The summed E-state index contributed by atoms with van der Waals surface area (Å²) in [5.41, 5.74) is -0.848. The molecule has 0 bridgehead atoms. The van der Waals surface area contributed by atoms with Crippen molar-refractivity contribution >= 4 is 33.3 Å². The van der Waals surface area contributed by atoms with E-state index in [0.29, 0.717) is 6.07 Å². The first-order valence-electron chi connectivity index (χ1n) is 11.0. The highest BCUT2D eigenvalue weighted by Crippen LogP contribution is 2.42. The van der Waals surface area contributed by atoms with E-state index in [4.69, 9.17) is 16.3 Å². The summed E-state index contributed by atoms with van der Waals surface area (Å²) in [6, 6.07) is 11.8. The lowest BCUT2D eigenvalue weighted by Gasteiger charge is -2.36. The van der Waals surface area contributed by atoms with Crippen LogP contribution in [0.15, 0.2) is 65.6 Å². The third kappa shape index (κ3) is 5.37. The molecule has 2 atom stereocenters. The molecule has 1 unspecified atom stereocenters. The molecule has 0 aromatic heterocycles. The van der Waals surface area contributed by atoms with Gasteiger partial charge in [0, 0.05) is 5.56 Å². The summed E-state index contributed by atoms with van der Waals surface area (Å²) in [6.07, 6.45) is -5.74. The number of alkyl halides is 3. The normalized spacial score (nSPS) is 16.6. The predicted octanol–water partition coefficient (Wildman–Crippen LogP) is 6.23. The molecule has 0 radical (unpaired) electrons. The van der Waals surface area contributed by atoms with Crippen molar-refractivity contribution in [2.45, 2.75) is 30.5 Å². The molecule has 0 saturated carbocycles. The first-order chi connectivity index (χ1) is 17.3. The van der Waals surface area contributed by atoms with Crippen LogP contribution < -0.4 is 9.04 Å². The van der Waals surface area contributed by atoms with Crippen molar-refractivity contribution < 1.29 is 40.6 Å².